The molecule has 0 amide bonds. The van der Waals surface area contributed by atoms with Crippen LogP contribution in [0.15, 0.2) is 52.4 Å². The van der Waals surface area contributed by atoms with Crippen molar-refractivity contribution >= 4 is 0 Å². The molecule has 0 bridgehead atoms. The number of aliphatic hydroxyl groups excluding tert-OH is 2. The van der Waals surface area contributed by atoms with Crippen molar-refractivity contribution in [1.29, 1.82) is 0 Å². The molecule has 10 nitrogen and oxygen atoms in total. The second-order valence-corrected chi connectivity index (χ2v) is 10.7. The fourth-order valence-electron chi connectivity index (χ4n) is 4.93. The van der Waals surface area contributed by atoms with Gasteiger partial charge in [-0.2, -0.15) is 0 Å². The van der Waals surface area contributed by atoms with Crippen LogP contribution in [0.25, 0.3) is 0 Å². The number of H-pyrrole nitrogens is 1. The number of ether oxygens (including phenoxy) is 4. The summed E-state index contributed by atoms with van der Waals surface area (Å²) < 4.78 is 22.4. The summed E-state index contributed by atoms with van der Waals surface area (Å²) in [4.78, 5) is 15.6. The topological polar surface area (TPSA) is 151 Å². The number of pyridine rings is 1. The molecule has 1 aliphatic heterocycles. The molecule has 0 radical (unpaired) electrons. The van der Waals surface area contributed by atoms with Gasteiger partial charge in [0.25, 0.3) is 0 Å². The van der Waals surface area contributed by atoms with Crippen LogP contribution in [-0.4, -0.2) is 82.0 Å². The number of aliphatic hydroxyl groups is 4. The van der Waals surface area contributed by atoms with Crippen LogP contribution in [-0.2, 0) is 15.9 Å². The largest absolute Gasteiger partial charge is 0.488 e. The monoisotopic (exact) mass is 577 g/mol. The first-order valence-corrected chi connectivity index (χ1v) is 13.7. The number of nitrogens with one attached hydrogen (secondary N) is 1. The summed E-state index contributed by atoms with van der Waals surface area (Å²) in [5.74, 6) is -1.28. The number of allylic oxidation sites excluding steroid dienone is 6. The maximum Gasteiger partial charge on any atom is 0.238 e. The average Bonchev–Trinajstić information content (AvgIpc) is 2.94. The standard InChI is InChI=1S/C31H47NO9/c1-9-21(3)31(30(6,37)28(35)29(5,36)24(19-33)41-31)40-18-14-12-10-11-13-15-20(2)16-17-23-22(4)25(34)26(38-7)27(32-23)39-8/h9-13,16,24,28,33,35-37H,14-15,17-19H2,1-8H3,(H,32,34). The zero-order valence-corrected chi connectivity index (χ0v) is 25.5. The Kier molecular flexibility index (Phi) is 12.1. The quantitative estimate of drug-likeness (QED) is 0.135. The van der Waals surface area contributed by atoms with Crippen molar-refractivity contribution in [1.82, 2.24) is 4.98 Å². The highest BCUT2D eigenvalue weighted by Crippen LogP contribution is 2.47. The molecule has 0 aliphatic carbocycles. The SMILES string of the molecule is CC=C(C)C1(OCCC=CC=CCC(C)=CCc2[nH]c(OC)c(OC)c(=O)c2C)OC(CO)C(C)(O)C(O)C1(C)O. The minimum Gasteiger partial charge on any atom is -0.488 e. The normalized spacial score (nSPS) is 29.5. The molecule has 2 heterocycles. The molecule has 1 fully saturated rings. The number of aromatic amines is 1. The van der Waals surface area contributed by atoms with Gasteiger partial charge in [0.15, 0.2) is 0 Å². The molecule has 1 aliphatic rings. The molecule has 5 N–H and O–H groups in total. The Morgan fingerprint density at radius 1 is 1.12 bits per heavy atom. The van der Waals surface area contributed by atoms with Crippen molar-refractivity contribution in [2.45, 2.75) is 90.0 Å². The molecular formula is C31H47NO9. The molecule has 2 rings (SSSR count). The molecule has 0 spiro atoms. The first kappa shape index (κ1) is 34.5. The molecule has 0 saturated carbocycles. The zero-order chi connectivity index (χ0) is 31.0. The van der Waals surface area contributed by atoms with E-state index in [0.29, 0.717) is 29.9 Å². The van der Waals surface area contributed by atoms with E-state index in [1.807, 2.05) is 31.2 Å². The molecule has 230 valence electrons. The lowest BCUT2D eigenvalue weighted by Crippen LogP contribution is -2.77. The van der Waals surface area contributed by atoms with Gasteiger partial charge in [-0.1, -0.05) is 42.0 Å². The second-order valence-electron chi connectivity index (χ2n) is 10.7. The van der Waals surface area contributed by atoms with Crippen LogP contribution in [0.4, 0.5) is 0 Å². The summed E-state index contributed by atoms with van der Waals surface area (Å²) >= 11 is 0. The van der Waals surface area contributed by atoms with Gasteiger partial charge in [0, 0.05) is 17.7 Å². The minimum absolute atomic E-state index is 0.153. The lowest BCUT2D eigenvalue weighted by atomic mass is 9.72. The predicted molar refractivity (Wildman–Crippen MR) is 157 cm³/mol. The summed E-state index contributed by atoms with van der Waals surface area (Å²) in [5, 5.41) is 42.6. The van der Waals surface area contributed by atoms with Crippen molar-refractivity contribution in [3.63, 3.8) is 0 Å². The molecule has 5 atom stereocenters. The van der Waals surface area contributed by atoms with Crippen molar-refractivity contribution in [2.24, 2.45) is 0 Å². The van der Waals surface area contributed by atoms with Gasteiger partial charge < -0.3 is 44.4 Å². The van der Waals surface area contributed by atoms with E-state index in [9.17, 15) is 25.2 Å². The van der Waals surface area contributed by atoms with E-state index in [4.69, 9.17) is 18.9 Å². The van der Waals surface area contributed by atoms with Gasteiger partial charge >= 0.3 is 0 Å². The van der Waals surface area contributed by atoms with E-state index in [0.717, 1.165) is 17.7 Å². The van der Waals surface area contributed by atoms with Crippen LogP contribution < -0.4 is 14.9 Å². The first-order chi connectivity index (χ1) is 19.2. The second kappa shape index (κ2) is 14.4. The Morgan fingerprint density at radius 2 is 1.78 bits per heavy atom. The van der Waals surface area contributed by atoms with Crippen LogP contribution in [0.5, 0.6) is 11.6 Å². The van der Waals surface area contributed by atoms with Gasteiger partial charge in [-0.25, -0.2) is 0 Å². The lowest BCUT2D eigenvalue weighted by molar-refractivity contribution is -0.399. The third kappa shape index (κ3) is 7.20. The summed E-state index contributed by atoms with van der Waals surface area (Å²) in [5.41, 5.74) is -1.08. The fourth-order valence-corrected chi connectivity index (χ4v) is 4.93. The van der Waals surface area contributed by atoms with E-state index in [-0.39, 0.29) is 17.8 Å². The fraction of sp³-hybridized carbons (Fsp3) is 0.581. The third-order valence-electron chi connectivity index (χ3n) is 7.78. The predicted octanol–water partition coefficient (Wildman–Crippen LogP) is 3.02. The number of hydrogen-bond donors (Lipinski definition) is 5. The van der Waals surface area contributed by atoms with Crippen LogP contribution in [0.1, 0.15) is 58.7 Å². The molecular weight excluding hydrogens is 530 g/mol. The van der Waals surface area contributed by atoms with Gasteiger partial charge in [0.05, 0.1) is 27.4 Å². The Balaban J connectivity index is 1.98. The highest BCUT2D eigenvalue weighted by molar-refractivity contribution is 5.40. The Labute approximate surface area is 242 Å². The van der Waals surface area contributed by atoms with E-state index in [2.05, 4.69) is 11.1 Å². The van der Waals surface area contributed by atoms with Crippen LogP contribution in [0.3, 0.4) is 0 Å². The molecule has 1 saturated heterocycles. The third-order valence-corrected chi connectivity index (χ3v) is 7.78. The smallest absolute Gasteiger partial charge is 0.238 e. The Hall–Kier alpha value is -2.73. The van der Waals surface area contributed by atoms with E-state index < -0.39 is 35.8 Å². The van der Waals surface area contributed by atoms with Gasteiger partial charge in [-0.3, -0.25) is 4.79 Å². The Bertz CT molecular complexity index is 1210. The number of methoxy groups -OCH3 is 2. The van der Waals surface area contributed by atoms with Crippen molar-refractivity contribution in [3.05, 3.63) is 69.1 Å². The highest BCUT2D eigenvalue weighted by atomic mass is 16.7. The molecule has 10 heteroatoms. The maximum atomic E-state index is 12.5. The van der Waals surface area contributed by atoms with Gasteiger partial charge in [-0.05, 0) is 60.0 Å². The number of rotatable bonds is 13. The van der Waals surface area contributed by atoms with Gasteiger partial charge in [-0.15, -0.1) is 0 Å². The van der Waals surface area contributed by atoms with Crippen molar-refractivity contribution in [3.8, 4) is 11.6 Å². The molecule has 41 heavy (non-hydrogen) atoms. The van der Waals surface area contributed by atoms with Gasteiger partial charge in [0.1, 0.15) is 23.4 Å². The Morgan fingerprint density at radius 3 is 2.37 bits per heavy atom. The molecule has 0 aromatic carbocycles. The minimum atomic E-state index is -1.99. The summed E-state index contributed by atoms with van der Waals surface area (Å²) in [7, 11) is 2.92. The molecule has 1 aromatic heterocycles. The molecule has 1 aromatic rings. The van der Waals surface area contributed by atoms with E-state index in [1.165, 1.54) is 28.1 Å². The maximum absolute atomic E-state index is 12.5. The lowest BCUT2D eigenvalue weighted by Gasteiger charge is -2.57. The summed E-state index contributed by atoms with van der Waals surface area (Å²) in [6, 6.07) is 0. The summed E-state index contributed by atoms with van der Waals surface area (Å²) in [6.07, 6.45) is 10.4. The van der Waals surface area contributed by atoms with Crippen molar-refractivity contribution in [2.75, 3.05) is 27.4 Å². The van der Waals surface area contributed by atoms with Gasteiger partial charge in [0.2, 0.25) is 22.8 Å². The van der Waals surface area contributed by atoms with E-state index >= 15 is 0 Å². The van der Waals surface area contributed by atoms with Crippen LogP contribution in [0, 0.1) is 6.92 Å². The van der Waals surface area contributed by atoms with Crippen molar-refractivity contribution < 1.29 is 39.4 Å². The number of aromatic nitrogens is 1. The van der Waals surface area contributed by atoms with E-state index in [1.54, 1.807) is 26.8 Å². The average molecular weight is 578 g/mol. The molecule has 5 unspecified atom stereocenters. The van der Waals surface area contributed by atoms with Crippen LogP contribution in [0.2, 0.25) is 0 Å². The number of hydrogen-bond acceptors (Lipinski definition) is 9. The summed E-state index contributed by atoms with van der Waals surface area (Å²) in [6.45, 7) is 9.48. The zero-order valence-electron chi connectivity index (χ0n) is 25.5. The first-order valence-electron chi connectivity index (χ1n) is 13.7. The van der Waals surface area contributed by atoms with Crippen LogP contribution >= 0.6 is 0 Å². The highest BCUT2D eigenvalue weighted by Gasteiger charge is 2.66.